The van der Waals surface area contributed by atoms with Gasteiger partial charge in [0, 0.05) is 28.5 Å². The Labute approximate surface area is 248 Å². The van der Waals surface area contributed by atoms with Gasteiger partial charge in [0.2, 0.25) is 0 Å². The Hall–Kier alpha value is -3.22. The normalized spacial score (nSPS) is 33.4. The summed E-state index contributed by atoms with van der Waals surface area (Å²) in [6.45, 7) is 6.34. The first kappa shape index (κ1) is 28.9. The van der Waals surface area contributed by atoms with Crippen LogP contribution in [0.25, 0.3) is 0 Å². The van der Waals surface area contributed by atoms with E-state index in [1.807, 2.05) is 43.3 Å². The fourth-order valence-corrected chi connectivity index (χ4v) is 9.15. The number of carbonyl (C=O) groups excluding carboxylic acids is 2. The van der Waals surface area contributed by atoms with Gasteiger partial charge >= 0.3 is 0 Å². The lowest BCUT2D eigenvalue weighted by Crippen LogP contribution is -2.56. The molecule has 4 N–H and O–H groups in total. The molecule has 4 aliphatic carbocycles. The van der Waals surface area contributed by atoms with Crippen LogP contribution in [-0.2, 0) is 22.6 Å². The van der Waals surface area contributed by atoms with Crippen molar-refractivity contribution in [1.82, 2.24) is 0 Å². The highest BCUT2D eigenvalue weighted by molar-refractivity contribution is 6.01. The molecule has 7 atom stereocenters. The number of aliphatic hydroxyl groups excluding tert-OH is 2. The van der Waals surface area contributed by atoms with E-state index in [0.29, 0.717) is 36.1 Å². The Bertz CT molecular complexity index is 1480. The second-order valence-corrected chi connectivity index (χ2v) is 13.7. The van der Waals surface area contributed by atoms with Crippen molar-refractivity contribution in [3.8, 4) is 5.75 Å². The minimum atomic E-state index is -0.517. The van der Waals surface area contributed by atoms with Gasteiger partial charge in [0.1, 0.15) is 12.4 Å². The first-order chi connectivity index (χ1) is 20.0. The van der Waals surface area contributed by atoms with Crippen LogP contribution in [0, 0.1) is 41.4 Å². The summed E-state index contributed by atoms with van der Waals surface area (Å²) in [5.74, 6) is 1.52. The predicted octanol–water partition coefficient (Wildman–Crippen LogP) is 5.50. The van der Waals surface area contributed by atoms with Crippen molar-refractivity contribution >= 4 is 17.3 Å². The van der Waals surface area contributed by atoms with Gasteiger partial charge in [0.25, 0.3) is 0 Å². The molecule has 0 aliphatic heterocycles. The Kier molecular flexibility index (Phi) is 7.43. The first-order valence-corrected chi connectivity index (χ1v) is 15.4. The number of hydrogen-bond donors (Lipinski definition) is 3. The minimum absolute atomic E-state index is 0.0229. The number of nitrogen functional groups attached to an aromatic ring is 1. The third-order valence-corrected chi connectivity index (χ3v) is 11.3. The third-order valence-electron chi connectivity index (χ3n) is 11.3. The second-order valence-electron chi connectivity index (χ2n) is 13.7. The van der Waals surface area contributed by atoms with E-state index in [9.17, 15) is 19.8 Å². The van der Waals surface area contributed by atoms with Gasteiger partial charge in [-0.25, -0.2) is 0 Å². The zero-order chi connectivity index (χ0) is 29.8. The van der Waals surface area contributed by atoms with Crippen LogP contribution in [0.15, 0.2) is 60.2 Å². The quantitative estimate of drug-likeness (QED) is 0.380. The second kappa shape index (κ2) is 10.8. The topological polar surface area (TPSA) is 110 Å². The molecule has 6 nitrogen and oxygen atoms in total. The number of Topliss-reactive ketones (excluding diaryl/α,β-unsaturated/α-hetero) is 1. The Morgan fingerprint density at radius 2 is 1.86 bits per heavy atom. The molecule has 2 aromatic carbocycles. The van der Waals surface area contributed by atoms with Crippen LogP contribution in [0.2, 0.25) is 0 Å². The van der Waals surface area contributed by atoms with Crippen LogP contribution in [0.3, 0.4) is 0 Å². The summed E-state index contributed by atoms with van der Waals surface area (Å²) in [7, 11) is 0. The molecule has 4 aliphatic rings. The molecule has 2 aromatic rings. The number of benzene rings is 2. The van der Waals surface area contributed by atoms with Crippen molar-refractivity contribution < 1.29 is 24.5 Å². The van der Waals surface area contributed by atoms with E-state index in [1.165, 1.54) is 0 Å². The number of carbonyl (C=O) groups is 2. The average Bonchev–Trinajstić information content (AvgIpc) is 3.30. The van der Waals surface area contributed by atoms with E-state index in [-0.39, 0.29) is 47.4 Å². The van der Waals surface area contributed by atoms with Gasteiger partial charge in [-0.1, -0.05) is 49.8 Å². The van der Waals surface area contributed by atoms with Crippen LogP contribution in [0.1, 0.15) is 68.2 Å². The molecular weight excluding hydrogens is 526 g/mol. The molecule has 0 bridgehead atoms. The Morgan fingerprint density at radius 1 is 1.10 bits per heavy atom. The molecule has 0 aromatic heterocycles. The highest BCUT2D eigenvalue weighted by Gasteiger charge is 2.62. The van der Waals surface area contributed by atoms with Crippen molar-refractivity contribution in [2.45, 2.75) is 72.0 Å². The molecule has 6 rings (SSSR count). The average molecular weight is 570 g/mol. The number of fused-ring (bicyclic) bond motifs is 5. The summed E-state index contributed by atoms with van der Waals surface area (Å²) >= 11 is 0. The Balaban J connectivity index is 1.15. The van der Waals surface area contributed by atoms with E-state index in [2.05, 4.69) is 19.9 Å². The molecule has 3 fully saturated rings. The monoisotopic (exact) mass is 569 g/mol. The fourth-order valence-electron chi connectivity index (χ4n) is 9.15. The standard InChI is InChI=1S/C36H43NO5/c1-21-4-5-23(14-22-6-7-24(19-38)30(37)15-22)16-33(21)42-20-32(41)29-11-10-28-27-9-8-25-17-26(39)12-13-35(25,2)34(27)31(40)18-36(28,29)3/h4-7,12-13,15-17,27-29,31,34,38,40H,8-11,14,18-20,37H2,1-3H3/t27-,28-,29+,31-,34+,35-,36-/m0/s1. The summed E-state index contributed by atoms with van der Waals surface area (Å²) in [6.07, 6.45) is 9.91. The van der Waals surface area contributed by atoms with Crippen molar-refractivity contribution in [3.63, 3.8) is 0 Å². The smallest absolute Gasteiger partial charge is 0.178 e. The van der Waals surface area contributed by atoms with Gasteiger partial charge in [0.15, 0.2) is 11.6 Å². The summed E-state index contributed by atoms with van der Waals surface area (Å²) in [5, 5.41) is 21.0. The molecule has 0 heterocycles. The number of allylic oxidation sites excluding steroid dienone is 4. The number of nitrogens with two attached hydrogens (primary N) is 1. The first-order valence-electron chi connectivity index (χ1n) is 15.4. The molecular formula is C36H43NO5. The lowest BCUT2D eigenvalue weighted by Gasteiger charge is -2.58. The highest BCUT2D eigenvalue weighted by Crippen LogP contribution is 2.66. The summed E-state index contributed by atoms with van der Waals surface area (Å²) in [4.78, 5) is 25.8. The number of anilines is 1. The number of hydrogen-bond acceptors (Lipinski definition) is 6. The van der Waals surface area contributed by atoms with Gasteiger partial charge in [-0.05, 0) is 104 Å². The lowest BCUT2D eigenvalue weighted by molar-refractivity contribution is -0.140. The summed E-state index contributed by atoms with van der Waals surface area (Å²) < 4.78 is 6.19. The van der Waals surface area contributed by atoms with Crippen LogP contribution >= 0.6 is 0 Å². The molecule has 3 saturated carbocycles. The zero-order valence-corrected chi connectivity index (χ0v) is 24.9. The van der Waals surface area contributed by atoms with E-state index in [4.69, 9.17) is 10.5 Å². The van der Waals surface area contributed by atoms with E-state index in [0.717, 1.165) is 53.5 Å². The van der Waals surface area contributed by atoms with Crippen molar-refractivity contribution in [1.29, 1.82) is 0 Å². The van der Waals surface area contributed by atoms with Gasteiger partial charge in [-0.3, -0.25) is 9.59 Å². The molecule has 222 valence electrons. The van der Waals surface area contributed by atoms with E-state index < -0.39 is 6.10 Å². The zero-order valence-electron chi connectivity index (χ0n) is 24.9. The van der Waals surface area contributed by atoms with Crippen LogP contribution in [0.4, 0.5) is 5.69 Å². The van der Waals surface area contributed by atoms with Gasteiger partial charge in [-0.2, -0.15) is 0 Å². The van der Waals surface area contributed by atoms with Crippen molar-refractivity contribution in [2.75, 3.05) is 12.3 Å². The molecule has 0 unspecified atom stereocenters. The maximum atomic E-state index is 13.8. The minimum Gasteiger partial charge on any atom is -0.486 e. The Morgan fingerprint density at radius 3 is 2.62 bits per heavy atom. The molecule has 0 saturated heterocycles. The van der Waals surface area contributed by atoms with Crippen LogP contribution in [0.5, 0.6) is 5.75 Å². The number of ether oxygens (including phenoxy) is 1. The highest BCUT2D eigenvalue weighted by atomic mass is 16.5. The largest absolute Gasteiger partial charge is 0.486 e. The SMILES string of the molecule is Cc1ccc(Cc2ccc(CO)c(N)c2)cc1OCC(=O)[C@H]1CC[C@H]2[C@@H]3CCC4=CC(=O)C=C[C@]4(C)[C@H]3[C@@H](O)C[C@]12C. The maximum Gasteiger partial charge on any atom is 0.178 e. The van der Waals surface area contributed by atoms with Gasteiger partial charge < -0.3 is 20.7 Å². The maximum absolute atomic E-state index is 13.8. The van der Waals surface area contributed by atoms with Crippen molar-refractivity contribution in [3.05, 3.63) is 82.5 Å². The van der Waals surface area contributed by atoms with Gasteiger partial charge in [-0.15, -0.1) is 0 Å². The van der Waals surface area contributed by atoms with Crippen LogP contribution < -0.4 is 10.5 Å². The number of aryl methyl sites for hydroxylation is 1. The number of ketones is 2. The van der Waals surface area contributed by atoms with E-state index in [1.54, 1.807) is 12.2 Å². The lowest BCUT2D eigenvalue weighted by atomic mass is 9.46. The predicted molar refractivity (Wildman–Crippen MR) is 163 cm³/mol. The molecule has 42 heavy (non-hydrogen) atoms. The van der Waals surface area contributed by atoms with Crippen LogP contribution in [-0.4, -0.2) is 34.5 Å². The van der Waals surface area contributed by atoms with Crippen molar-refractivity contribution in [2.24, 2.45) is 34.5 Å². The fraction of sp³-hybridized carbons (Fsp3) is 0.500. The third kappa shape index (κ3) is 4.83. The summed E-state index contributed by atoms with van der Waals surface area (Å²) in [5.41, 5.74) is 11.1. The molecule has 6 heteroatoms. The molecule has 0 spiro atoms. The van der Waals surface area contributed by atoms with Gasteiger partial charge in [0.05, 0.1) is 12.7 Å². The summed E-state index contributed by atoms with van der Waals surface area (Å²) in [6, 6.07) is 11.8. The molecule has 0 radical (unpaired) electrons. The number of aliphatic hydroxyl groups is 2. The number of rotatable bonds is 7. The molecule has 0 amide bonds. The van der Waals surface area contributed by atoms with E-state index >= 15 is 0 Å².